The minimum Gasteiger partial charge on any atom is -0.435 e. The topological polar surface area (TPSA) is 29.5 Å². The van der Waals surface area contributed by atoms with Crippen LogP contribution in [0.4, 0.5) is 8.78 Å². The number of hydrogen-bond donors (Lipinski definition) is 1. The number of alkyl halides is 2. The normalized spacial score (nSPS) is 15.0. The maximum Gasteiger partial charge on any atom is 0.387 e. The van der Waals surface area contributed by atoms with E-state index in [0.717, 1.165) is 24.8 Å². The van der Waals surface area contributed by atoms with Crippen molar-refractivity contribution in [2.75, 3.05) is 0 Å². The van der Waals surface area contributed by atoms with Gasteiger partial charge in [0.25, 0.3) is 0 Å². The molecule has 21 heavy (non-hydrogen) atoms. The van der Waals surface area contributed by atoms with Crippen LogP contribution >= 0.6 is 0 Å². The Balaban J connectivity index is 1.79. The van der Waals surface area contributed by atoms with Crippen LogP contribution in [-0.4, -0.2) is 11.7 Å². The molecule has 1 aliphatic carbocycles. The summed E-state index contributed by atoms with van der Waals surface area (Å²) >= 11 is 0. The van der Waals surface area contributed by atoms with Gasteiger partial charge in [-0.3, -0.25) is 0 Å². The van der Waals surface area contributed by atoms with E-state index in [1.54, 1.807) is 12.1 Å². The Bertz CT molecular complexity index is 623. The predicted octanol–water partition coefficient (Wildman–Crippen LogP) is 3.86. The van der Waals surface area contributed by atoms with Crippen LogP contribution in [0.2, 0.25) is 0 Å². The van der Waals surface area contributed by atoms with Gasteiger partial charge < -0.3 is 9.84 Å². The quantitative estimate of drug-likeness (QED) is 0.926. The van der Waals surface area contributed by atoms with E-state index in [2.05, 4.69) is 10.8 Å². The summed E-state index contributed by atoms with van der Waals surface area (Å²) in [5, 5.41) is 10.4. The van der Waals surface area contributed by atoms with Crippen LogP contribution in [0.15, 0.2) is 42.5 Å². The number of aliphatic hydroxyl groups excluding tert-OH is 1. The fourth-order valence-corrected chi connectivity index (χ4v) is 2.79. The first-order valence-corrected chi connectivity index (χ1v) is 6.98. The first-order chi connectivity index (χ1) is 10.1. The van der Waals surface area contributed by atoms with Crippen LogP contribution in [0.5, 0.6) is 5.75 Å². The maximum atomic E-state index is 12.1. The zero-order chi connectivity index (χ0) is 14.8. The summed E-state index contributed by atoms with van der Waals surface area (Å²) in [6.07, 6.45) is 2.56. The summed E-state index contributed by atoms with van der Waals surface area (Å²) in [5.74, 6) is 0.0925. The minimum atomic E-state index is -2.84. The second kappa shape index (κ2) is 5.82. The van der Waals surface area contributed by atoms with Gasteiger partial charge >= 0.3 is 6.61 Å². The van der Waals surface area contributed by atoms with Gasteiger partial charge in [-0.05, 0) is 53.6 Å². The number of rotatable bonds is 4. The number of fused-ring (bicyclic) bond motifs is 1. The molecule has 0 saturated carbocycles. The Labute approximate surface area is 122 Å². The lowest BCUT2D eigenvalue weighted by Crippen LogP contribution is -2.03. The van der Waals surface area contributed by atoms with Crippen LogP contribution in [0.3, 0.4) is 0 Å². The SMILES string of the molecule is OC(c1ccc(OC(F)F)cc1)c1ccc2c(c1)CCC2. The van der Waals surface area contributed by atoms with E-state index in [1.165, 1.54) is 23.3 Å². The molecule has 1 N–H and O–H groups in total. The molecule has 3 rings (SSSR count). The molecule has 4 heteroatoms. The summed E-state index contributed by atoms with van der Waals surface area (Å²) in [4.78, 5) is 0. The fraction of sp³-hybridized carbons (Fsp3) is 0.294. The Hall–Kier alpha value is -1.94. The second-order valence-electron chi connectivity index (χ2n) is 5.23. The molecule has 110 valence electrons. The van der Waals surface area contributed by atoms with Crippen LogP contribution in [0.1, 0.15) is 34.8 Å². The van der Waals surface area contributed by atoms with Gasteiger partial charge in [0, 0.05) is 0 Å². The molecular weight excluding hydrogens is 274 g/mol. The third-order valence-electron chi connectivity index (χ3n) is 3.86. The largest absolute Gasteiger partial charge is 0.435 e. The zero-order valence-electron chi connectivity index (χ0n) is 11.4. The van der Waals surface area contributed by atoms with Crippen molar-refractivity contribution in [3.05, 3.63) is 64.7 Å². The van der Waals surface area contributed by atoms with Gasteiger partial charge in [-0.15, -0.1) is 0 Å². The lowest BCUT2D eigenvalue weighted by Gasteiger charge is -2.14. The zero-order valence-corrected chi connectivity index (χ0v) is 11.4. The first-order valence-electron chi connectivity index (χ1n) is 6.98. The Morgan fingerprint density at radius 2 is 1.57 bits per heavy atom. The Morgan fingerprint density at radius 3 is 2.29 bits per heavy atom. The molecule has 0 aliphatic heterocycles. The summed E-state index contributed by atoms with van der Waals surface area (Å²) in [5.41, 5.74) is 4.14. The van der Waals surface area contributed by atoms with Crippen LogP contribution < -0.4 is 4.74 Å². The van der Waals surface area contributed by atoms with Crippen molar-refractivity contribution >= 4 is 0 Å². The lowest BCUT2D eigenvalue weighted by atomic mass is 9.98. The molecule has 2 aromatic carbocycles. The van der Waals surface area contributed by atoms with Gasteiger partial charge in [-0.2, -0.15) is 8.78 Å². The highest BCUT2D eigenvalue weighted by atomic mass is 19.3. The van der Waals surface area contributed by atoms with Gasteiger partial charge in [0.1, 0.15) is 11.9 Å². The molecule has 0 bridgehead atoms. The molecule has 1 aliphatic rings. The second-order valence-corrected chi connectivity index (χ2v) is 5.23. The van der Waals surface area contributed by atoms with Gasteiger partial charge in [-0.25, -0.2) is 0 Å². The van der Waals surface area contributed by atoms with Crippen molar-refractivity contribution in [2.24, 2.45) is 0 Å². The van der Waals surface area contributed by atoms with E-state index < -0.39 is 12.7 Å². The van der Waals surface area contributed by atoms with E-state index in [9.17, 15) is 13.9 Å². The van der Waals surface area contributed by atoms with Crippen LogP contribution in [0, 0.1) is 0 Å². The molecule has 2 aromatic rings. The highest BCUT2D eigenvalue weighted by Crippen LogP contribution is 2.29. The van der Waals surface area contributed by atoms with Crippen molar-refractivity contribution < 1.29 is 18.6 Å². The van der Waals surface area contributed by atoms with E-state index >= 15 is 0 Å². The van der Waals surface area contributed by atoms with Gasteiger partial charge in [-0.1, -0.05) is 30.3 Å². The van der Waals surface area contributed by atoms with Crippen molar-refractivity contribution in [3.63, 3.8) is 0 Å². The maximum absolute atomic E-state index is 12.1. The molecule has 0 saturated heterocycles. The van der Waals surface area contributed by atoms with Crippen molar-refractivity contribution in [2.45, 2.75) is 32.0 Å². The molecule has 1 atom stereocenters. The summed E-state index contributed by atoms with van der Waals surface area (Å²) in [7, 11) is 0. The number of benzene rings is 2. The standard InChI is InChI=1S/C17H16F2O2/c18-17(19)21-15-8-6-12(7-9-15)16(20)14-5-4-11-2-1-3-13(11)10-14/h4-10,16-17,20H,1-3H2. The molecular formula is C17H16F2O2. The van der Waals surface area contributed by atoms with Crippen molar-refractivity contribution in [1.29, 1.82) is 0 Å². The molecule has 0 radical (unpaired) electrons. The van der Waals surface area contributed by atoms with Crippen molar-refractivity contribution in [1.82, 2.24) is 0 Å². The van der Waals surface area contributed by atoms with E-state index in [0.29, 0.717) is 5.56 Å². The average Bonchev–Trinajstić information content (AvgIpc) is 2.94. The number of aryl methyl sites for hydroxylation is 2. The summed E-state index contributed by atoms with van der Waals surface area (Å²) in [6, 6.07) is 12.1. The first kappa shape index (κ1) is 14.0. The number of aliphatic hydroxyl groups is 1. The highest BCUT2D eigenvalue weighted by Gasteiger charge is 2.16. The van der Waals surface area contributed by atoms with E-state index in [4.69, 9.17) is 0 Å². The third-order valence-corrected chi connectivity index (χ3v) is 3.86. The van der Waals surface area contributed by atoms with Gasteiger partial charge in [0.15, 0.2) is 0 Å². The van der Waals surface area contributed by atoms with Gasteiger partial charge in [0.2, 0.25) is 0 Å². The molecule has 0 fully saturated rings. The van der Waals surface area contributed by atoms with Crippen LogP contribution in [0.25, 0.3) is 0 Å². The number of ether oxygens (including phenoxy) is 1. The minimum absolute atomic E-state index is 0.0925. The highest BCUT2D eigenvalue weighted by molar-refractivity contribution is 5.40. The number of halogens is 2. The van der Waals surface area contributed by atoms with Crippen LogP contribution in [-0.2, 0) is 12.8 Å². The Kier molecular flexibility index (Phi) is 3.88. The number of hydrogen-bond acceptors (Lipinski definition) is 2. The Morgan fingerprint density at radius 1 is 0.905 bits per heavy atom. The predicted molar refractivity (Wildman–Crippen MR) is 75.6 cm³/mol. The van der Waals surface area contributed by atoms with Crippen molar-refractivity contribution in [3.8, 4) is 5.75 Å². The molecule has 0 spiro atoms. The summed E-state index contributed by atoms with van der Waals surface area (Å²) < 4.78 is 28.5. The smallest absolute Gasteiger partial charge is 0.387 e. The molecule has 1 unspecified atom stereocenters. The molecule has 2 nitrogen and oxygen atoms in total. The monoisotopic (exact) mass is 290 g/mol. The van der Waals surface area contributed by atoms with Gasteiger partial charge in [0.05, 0.1) is 0 Å². The fourth-order valence-electron chi connectivity index (χ4n) is 2.79. The summed E-state index contributed by atoms with van der Waals surface area (Å²) in [6.45, 7) is -2.84. The third kappa shape index (κ3) is 3.05. The van der Waals surface area contributed by atoms with E-state index in [1.807, 2.05) is 12.1 Å². The lowest BCUT2D eigenvalue weighted by molar-refractivity contribution is -0.0498. The van der Waals surface area contributed by atoms with E-state index in [-0.39, 0.29) is 5.75 Å². The molecule has 0 heterocycles. The molecule has 0 aromatic heterocycles. The average molecular weight is 290 g/mol. The molecule has 0 amide bonds.